The first kappa shape index (κ1) is 18.3. The summed E-state index contributed by atoms with van der Waals surface area (Å²) in [6.45, 7) is 6.10. The van der Waals surface area contributed by atoms with Gasteiger partial charge in [-0.1, -0.05) is 54.6 Å². The van der Waals surface area contributed by atoms with E-state index in [1.54, 1.807) is 0 Å². The van der Waals surface area contributed by atoms with Gasteiger partial charge in [-0.3, -0.25) is 14.5 Å². The summed E-state index contributed by atoms with van der Waals surface area (Å²) in [7, 11) is 0. The van der Waals surface area contributed by atoms with E-state index in [9.17, 15) is 9.59 Å². The molecule has 2 aromatic rings. The average Bonchev–Trinajstić information content (AvgIpc) is 2.67. The van der Waals surface area contributed by atoms with E-state index in [-0.39, 0.29) is 18.1 Å². The van der Waals surface area contributed by atoms with Crippen LogP contribution in [0.4, 0.5) is 0 Å². The molecular formula is C22H26N2O2. The van der Waals surface area contributed by atoms with Gasteiger partial charge in [-0.25, -0.2) is 0 Å². The molecule has 0 unspecified atom stereocenters. The molecule has 0 aliphatic carbocycles. The second-order valence-corrected chi connectivity index (χ2v) is 6.88. The van der Waals surface area contributed by atoms with Crippen molar-refractivity contribution in [1.29, 1.82) is 0 Å². The summed E-state index contributed by atoms with van der Waals surface area (Å²) in [5.41, 5.74) is 3.00. The molecule has 2 aromatic carbocycles. The van der Waals surface area contributed by atoms with E-state index in [1.807, 2.05) is 42.2 Å². The molecule has 1 fully saturated rings. The van der Waals surface area contributed by atoms with Gasteiger partial charge in [0.2, 0.25) is 5.91 Å². The molecule has 136 valence electrons. The molecule has 0 N–H and O–H groups in total. The van der Waals surface area contributed by atoms with Crippen LogP contribution < -0.4 is 0 Å². The summed E-state index contributed by atoms with van der Waals surface area (Å²) >= 11 is 0. The van der Waals surface area contributed by atoms with Crippen molar-refractivity contribution in [3.05, 3.63) is 71.3 Å². The first-order valence-corrected chi connectivity index (χ1v) is 9.26. The normalized spacial score (nSPS) is 15.0. The molecule has 1 saturated heterocycles. The van der Waals surface area contributed by atoms with E-state index >= 15 is 0 Å². The van der Waals surface area contributed by atoms with Crippen LogP contribution >= 0.6 is 0 Å². The van der Waals surface area contributed by atoms with Crippen LogP contribution in [0.3, 0.4) is 0 Å². The number of carbonyl (C=O) groups is 2. The van der Waals surface area contributed by atoms with E-state index in [1.165, 1.54) is 5.56 Å². The topological polar surface area (TPSA) is 40.6 Å². The highest BCUT2D eigenvalue weighted by atomic mass is 16.2. The molecule has 26 heavy (non-hydrogen) atoms. The van der Waals surface area contributed by atoms with Gasteiger partial charge in [0.05, 0.1) is 0 Å². The molecule has 1 aliphatic rings. The number of benzene rings is 2. The fourth-order valence-electron chi connectivity index (χ4n) is 3.40. The number of carbonyl (C=O) groups excluding carboxylic acids is 2. The Hall–Kier alpha value is -2.46. The van der Waals surface area contributed by atoms with E-state index in [2.05, 4.69) is 29.2 Å². The van der Waals surface area contributed by atoms with Gasteiger partial charge < -0.3 is 4.90 Å². The van der Waals surface area contributed by atoms with Crippen molar-refractivity contribution in [2.45, 2.75) is 26.3 Å². The van der Waals surface area contributed by atoms with Crippen LogP contribution in [0.5, 0.6) is 0 Å². The molecule has 0 radical (unpaired) electrons. The number of nitrogens with zero attached hydrogens (tertiary/aromatic N) is 2. The summed E-state index contributed by atoms with van der Waals surface area (Å²) in [6.07, 6.45) is 0.583. The van der Waals surface area contributed by atoms with Gasteiger partial charge in [-0.05, 0) is 18.1 Å². The number of rotatable bonds is 6. The highest BCUT2D eigenvalue weighted by Gasteiger charge is 2.21. The van der Waals surface area contributed by atoms with Crippen LogP contribution in [0.25, 0.3) is 0 Å². The van der Waals surface area contributed by atoms with Crippen molar-refractivity contribution in [3.63, 3.8) is 0 Å². The third-order valence-corrected chi connectivity index (χ3v) is 4.99. The Morgan fingerprint density at radius 2 is 1.50 bits per heavy atom. The minimum atomic E-state index is 0.0548. The lowest BCUT2D eigenvalue weighted by atomic mass is 10.0. The molecule has 1 amide bonds. The van der Waals surface area contributed by atoms with Crippen LogP contribution in [-0.4, -0.2) is 47.7 Å². The number of hydrogen-bond acceptors (Lipinski definition) is 3. The van der Waals surface area contributed by atoms with Gasteiger partial charge in [0, 0.05) is 51.1 Å². The number of piperazine rings is 1. The Morgan fingerprint density at radius 1 is 0.846 bits per heavy atom. The predicted octanol–water partition coefficient (Wildman–Crippen LogP) is 3.30. The Bertz CT molecular complexity index is 750. The van der Waals surface area contributed by atoms with Crippen LogP contribution in [0.1, 0.15) is 34.3 Å². The van der Waals surface area contributed by atoms with E-state index in [0.29, 0.717) is 6.42 Å². The van der Waals surface area contributed by atoms with Crippen LogP contribution in [0, 0.1) is 6.92 Å². The van der Waals surface area contributed by atoms with Gasteiger partial charge in [0.25, 0.3) is 0 Å². The summed E-state index contributed by atoms with van der Waals surface area (Å²) < 4.78 is 0. The molecule has 4 heteroatoms. The number of amides is 1. The Morgan fingerprint density at radius 3 is 2.19 bits per heavy atom. The zero-order chi connectivity index (χ0) is 18.4. The zero-order valence-electron chi connectivity index (χ0n) is 15.4. The van der Waals surface area contributed by atoms with Crippen LogP contribution in [0.15, 0.2) is 54.6 Å². The Balaban J connectivity index is 1.44. The highest BCUT2D eigenvalue weighted by Crippen LogP contribution is 2.13. The molecule has 0 atom stereocenters. The first-order valence-electron chi connectivity index (χ1n) is 9.26. The fraction of sp³-hybridized carbons (Fsp3) is 0.364. The van der Waals surface area contributed by atoms with Gasteiger partial charge in [0.15, 0.2) is 5.78 Å². The van der Waals surface area contributed by atoms with E-state index in [4.69, 9.17) is 0 Å². The van der Waals surface area contributed by atoms with Crippen LogP contribution in [-0.2, 0) is 11.3 Å². The fourth-order valence-corrected chi connectivity index (χ4v) is 3.40. The molecule has 0 bridgehead atoms. The van der Waals surface area contributed by atoms with Gasteiger partial charge in [-0.15, -0.1) is 0 Å². The molecule has 1 heterocycles. The zero-order valence-corrected chi connectivity index (χ0v) is 15.4. The number of hydrogen-bond donors (Lipinski definition) is 0. The molecule has 3 rings (SSSR count). The first-order chi connectivity index (χ1) is 12.6. The Kier molecular flexibility index (Phi) is 6.18. The van der Waals surface area contributed by atoms with E-state index in [0.717, 1.165) is 43.9 Å². The van der Waals surface area contributed by atoms with Gasteiger partial charge in [-0.2, -0.15) is 0 Å². The predicted molar refractivity (Wildman–Crippen MR) is 103 cm³/mol. The van der Waals surface area contributed by atoms with Gasteiger partial charge >= 0.3 is 0 Å². The summed E-state index contributed by atoms with van der Waals surface area (Å²) in [5.74, 6) is 0.144. The maximum atomic E-state index is 12.4. The smallest absolute Gasteiger partial charge is 0.223 e. The molecule has 0 aromatic heterocycles. The van der Waals surface area contributed by atoms with Crippen molar-refractivity contribution < 1.29 is 9.59 Å². The number of aryl methyl sites for hydroxylation is 1. The van der Waals surface area contributed by atoms with Crippen molar-refractivity contribution in [1.82, 2.24) is 9.80 Å². The van der Waals surface area contributed by atoms with Gasteiger partial charge in [0.1, 0.15) is 0 Å². The summed E-state index contributed by atoms with van der Waals surface area (Å²) in [4.78, 5) is 29.0. The molecule has 0 saturated carbocycles. The lowest BCUT2D eigenvalue weighted by molar-refractivity contribution is -0.132. The summed E-state index contributed by atoms with van der Waals surface area (Å²) in [5, 5.41) is 0. The largest absolute Gasteiger partial charge is 0.340 e. The van der Waals surface area contributed by atoms with E-state index < -0.39 is 0 Å². The number of Topliss-reactive ketones (excluding diaryl/α,β-unsaturated/α-hetero) is 1. The second-order valence-electron chi connectivity index (χ2n) is 6.88. The van der Waals surface area contributed by atoms with Crippen molar-refractivity contribution >= 4 is 11.7 Å². The highest BCUT2D eigenvalue weighted by molar-refractivity contribution is 5.99. The minimum Gasteiger partial charge on any atom is -0.340 e. The summed E-state index contributed by atoms with van der Waals surface area (Å²) in [6, 6.07) is 18.0. The number of ketones is 1. The molecule has 1 aliphatic heterocycles. The quantitative estimate of drug-likeness (QED) is 0.751. The molecular weight excluding hydrogens is 324 g/mol. The third kappa shape index (κ3) is 4.79. The Labute approximate surface area is 155 Å². The van der Waals surface area contributed by atoms with Crippen molar-refractivity contribution in [2.75, 3.05) is 26.2 Å². The minimum absolute atomic E-state index is 0.0548. The van der Waals surface area contributed by atoms with Crippen molar-refractivity contribution in [2.24, 2.45) is 0 Å². The standard InChI is InChI=1S/C22H26N2O2/c1-18-7-5-6-10-20(18)21(25)11-12-22(26)24-15-13-23(14-16-24)17-19-8-3-2-4-9-19/h2-10H,11-17H2,1H3. The maximum absolute atomic E-state index is 12.4. The average molecular weight is 350 g/mol. The van der Waals surface area contributed by atoms with Crippen LogP contribution in [0.2, 0.25) is 0 Å². The SMILES string of the molecule is Cc1ccccc1C(=O)CCC(=O)N1CCN(Cc2ccccc2)CC1. The molecule has 0 spiro atoms. The second kappa shape index (κ2) is 8.77. The van der Waals surface area contributed by atoms with Crippen molar-refractivity contribution in [3.8, 4) is 0 Å². The monoisotopic (exact) mass is 350 g/mol. The maximum Gasteiger partial charge on any atom is 0.223 e. The lowest BCUT2D eigenvalue weighted by Gasteiger charge is -2.34. The lowest BCUT2D eigenvalue weighted by Crippen LogP contribution is -2.48. The third-order valence-electron chi connectivity index (χ3n) is 4.99. The molecule has 4 nitrogen and oxygen atoms in total.